The Balaban J connectivity index is 2.03. The maximum atomic E-state index is 14.1. The zero-order valence-corrected chi connectivity index (χ0v) is 15.7. The summed E-state index contributed by atoms with van der Waals surface area (Å²) in [6.07, 6.45) is -0.312. The number of halogens is 3. The molecule has 1 heterocycles. The number of morpholine rings is 1. The van der Waals surface area contributed by atoms with E-state index in [1.807, 2.05) is 20.8 Å². The van der Waals surface area contributed by atoms with Crippen molar-refractivity contribution in [3.8, 4) is 0 Å². The van der Waals surface area contributed by atoms with Gasteiger partial charge in [-0.05, 0) is 32.9 Å². The van der Waals surface area contributed by atoms with Crippen LogP contribution in [0.5, 0.6) is 0 Å². The van der Waals surface area contributed by atoms with E-state index in [1.165, 1.54) is 6.07 Å². The van der Waals surface area contributed by atoms with E-state index in [0.29, 0.717) is 41.2 Å². The van der Waals surface area contributed by atoms with Crippen molar-refractivity contribution >= 4 is 33.6 Å². The number of hydrogen-bond acceptors (Lipinski definition) is 3. The summed E-state index contributed by atoms with van der Waals surface area (Å²) in [5.41, 5.74) is -0.0543. The molecule has 0 N–H and O–H groups in total. The second-order valence-corrected chi connectivity index (χ2v) is 7.76. The lowest BCUT2D eigenvalue weighted by Crippen LogP contribution is -2.48. The number of benzene rings is 1. The van der Waals surface area contributed by atoms with Gasteiger partial charge in [-0.2, -0.15) is 0 Å². The van der Waals surface area contributed by atoms with Crippen molar-refractivity contribution in [2.75, 3.05) is 19.7 Å². The van der Waals surface area contributed by atoms with Crippen LogP contribution in [0.1, 0.15) is 26.3 Å². The monoisotopic (exact) mass is 407 g/mol. The summed E-state index contributed by atoms with van der Waals surface area (Å²) < 4.78 is 25.7. The lowest BCUT2D eigenvalue weighted by atomic mass is 10.1. The first-order chi connectivity index (χ1) is 10.7. The average molecular weight is 409 g/mol. The third-order valence-corrected chi connectivity index (χ3v) is 4.25. The Hall–Kier alpha value is -0.850. The molecule has 128 valence electrons. The molecule has 1 aromatic carbocycles. The first kappa shape index (κ1) is 18.5. The molecule has 0 saturated carbocycles. The number of rotatable bonds is 2. The lowest BCUT2D eigenvalue weighted by Gasteiger charge is -2.34. The van der Waals surface area contributed by atoms with Gasteiger partial charge in [-0.25, -0.2) is 9.18 Å². The predicted octanol–water partition coefficient (Wildman–Crippen LogP) is 4.42. The quantitative estimate of drug-likeness (QED) is 0.727. The molecule has 1 aliphatic rings. The summed E-state index contributed by atoms with van der Waals surface area (Å²) in [4.78, 5) is 13.7. The van der Waals surface area contributed by atoms with Gasteiger partial charge in [-0.1, -0.05) is 27.5 Å². The van der Waals surface area contributed by atoms with Crippen LogP contribution >= 0.6 is 27.5 Å². The average Bonchev–Trinajstić information content (AvgIpc) is 2.41. The van der Waals surface area contributed by atoms with E-state index in [-0.39, 0.29) is 18.0 Å². The summed E-state index contributed by atoms with van der Waals surface area (Å²) >= 11 is 9.14. The molecule has 0 bridgehead atoms. The van der Waals surface area contributed by atoms with Gasteiger partial charge in [0, 0.05) is 28.0 Å². The maximum absolute atomic E-state index is 14.1. The molecule has 7 heteroatoms. The number of carbonyl (C=O) groups is 1. The summed E-state index contributed by atoms with van der Waals surface area (Å²) in [5.74, 6) is -0.387. The second-order valence-electron chi connectivity index (χ2n) is 6.47. The minimum atomic E-state index is -0.545. The standard InChI is InChI=1S/C16H20BrClFNO3/c1-16(2,3)23-15(21)20-4-5-22-11(9-20)8-12-13(17)6-10(18)7-14(12)19/h6-7,11H,4-5,8-9H2,1-3H3. The molecule has 0 radical (unpaired) electrons. The molecule has 2 rings (SSSR count). The zero-order valence-electron chi connectivity index (χ0n) is 13.4. The first-order valence-corrected chi connectivity index (χ1v) is 8.56. The number of ether oxygens (including phenoxy) is 2. The van der Waals surface area contributed by atoms with Crippen molar-refractivity contribution in [2.24, 2.45) is 0 Å². The van der Waals surface area contributed by atoms with Crippen LogP contribution in [0.3, 0.4) is 0 Å². The Labute approximate surface area is 149 Å². The fourth-order valence-corrected chi connectivity index (χ4v) is 3.26. The Morgan fingerprint density at radius 2 is 2.22 bits per heavy atom. The van der Waals surface area contributed by atoms with E-state index in [4.69, 9.17) is 21.1 Å². The van der Waals surface area contributed by atoms with Crippen LogP contribution in [0.2, 0.25) is 5.02 Å². The van der Waals surface area contributed by atoms with Crippen molar-refractivity contribution in [1.82, 2.24) is 4.90 Å². The van der Waals surface area contributed by atoms with Crippen molar-refractivity contribution in [1.29, 1.82) is 0 Å². The fraction of sp³-hybridized carbons (Fsp3) is 0.562. The van der Waals surface area contributed by atoms with Gasteiger partial charge in [0.15, 0.2) is 0 Å². The molecule has 1 saturated heterocycles. The topological polar surface area (TPSA) is 38.8 Å². The van der Waals surface area contributed by atoms with Crippen LogP contribution in [0, 0.1) is 5.82 Å². The van der Waals surface area contributed by atoms with Gasteiger partial charge in [0.2, 0.25) is 0 Å². The van der Waals surface area contributed by atoms with E-state index in [0.717, 1.165) is 0 Å². The van der Waals surface area contributed by atoms with Crippen LogP contribution < -0.4 is 0 Å². The van der Waals surface area contributed by atoms with E-state index in [2.05, 4.69) is 15.9 Å². The number of amides is 1. The predicted molar refractivity (Wildman–Crippen MR) is 90.4 cm³/mol. The summed E-state index contributed by atoms with van der Waals surface area (Å²) in [6.45, 7) is 6.70. The van der Waals surface area contributed by atoms with Gasteiger partial charge in [0.1, 0.15) is 11.4 Å². The highest BCUT2D eigenvalue weighted by Gasteiger charge is 2.29. The minimum Gasteiger partial charge on any atom is -0.444 e. The Bertz CT molecular complexity index is 568. The molecule has 1 amide bonds. The van der Waals surface area contributed by atoms with Crippen LogP contribution in [-0.2, 0) is 15.9 Å². The number of nitrogens with zero attached hydrogens (tertiary/aromatic N) is 1. The number of hydrogen-bond donors (Lipinski definition) is 0. The van der Waals surface area contributed by atoms with E-state index >= 15 is 0 Å². The molecule has 0 spiro atoms. The molecule has 4 nitrogen and oxygen atoms in total. The zero-order chi connectivity index (χ0) is 17.2. The van der Waals surface area contributed by atoms with Gasteiger partial charge in [0.25, 0.3) is 0 Å². The summed E-state index contributed by atoms with van der Waals surface area (Å²) in [6, 6.07) is 2.92. The molecule has 23 heavy (non-hydrogen) atoms. The van der Waals surface area contributed by atoms with Crippen LogP contribution in [0.4, 0.5) is 9.18 Å². The van der Waals surface area contributed by atoms with Crippen molar-refractivity contribution in [2.45, 2.75) is 38.9 Å². The Morgan fingerprint density at radius 1 is 1.52 bits per heavy atom. The van der Waals surface area contributed by atoms with Crippen LogP contribution in [0.25, 0.3) is 0 Å². The van der Waals surface area contributed by atoms with Crippen molar-refractivity contribution in [3.63, 3.8) is 0 Å². The molecule has 0 aromatic heterocycles. The highest BCUT2D eigenvalue weighted by atomic mass is 79.9. The number of carbonyl (C=O) groups excluding carboxylic acids is 1. The molecule has 1 aromatic rings. The van der Waals surface area contributed by atoms with E-state index in [1.54, 1.807) is 11.0 Å². The van der Waals surface area contributed by atoms with E-state index in [9.17, 15) is 9.18 Å². The molecule has 1 fully saturated rings. The highest BCUT2D eigenvalue weighted by Crippen LogP contribution is 2.27. The van der Waals surface area contributed by atoms with E-state index < -0.39 is 5.60 Å². The van der Waals surface area contributed by atoms with Crippen LogP contribution in [0.15, 0.2) is 16.6 Å². The third kappa shape index (κ3) is 5.33. The van der Waals surface area contributed by atoms with Gasteiger partial charge < -0.3 is 14.4 Å². The Kier molecular flexibility index (Phi) is 5.92. The molecule has 1 aliphatic heterocycles. The van der Waals surface area contributed by atoms with Gasteiger partial charge in [-0.3, -0.25) is 0 Å². The molecular formula is C16H20BrClFNO3. The smallest absolute Gasteiger partial charge is 0.410 e. The first-order valence-electron chi connectivity index (χ1n) is 7.38. The molecule has 0 aliphatic carbocycles. The van der Waals surface area contributed by atoms with Crippen LogP contribution in [-0.4, -0.2) is 42.4 Å². The highest BCUT2D eigenvalue weighted by molar-refractivity contribution is 9.10. The molecule has 1 atom stereocenters. The van der Waals surface area contributed by atoms with Gasteiger partial charge in [-0.15, -0.1) is 0 Å². The fourth-order valence-electron chi connectivity index (χ4n) is 2.33. The normalized spacial score (nSPS) is 18.9. The minimum absolute atomic E-state index is 0.289. The van der Waals surface area contributed by atoms with Gasteiger partial charge in [0.05, 0.1) is 19.3 Å². The summed E-state index contributed by atoms with van der Waals surface area (Å²) in [5, 5.41) is 0.332. The van der Waals surface area contributed by atoms with Gasteiger partial charge >= 0.3 is 6.09 Å². The second kappa shape index (κ2) is 7.36. The Morgan fingerprint density at radius 3 is 2.83 bits per heavy atom. The van der Waals surface area contributed by atoms with Crippen molar-refractivity contribution < 1.29 is 18.7 Å². The molecular weight excluding hydrogens is 389 g/mol. The maximum Gasteiger partial charge on any atom is 0.410 e. The molecule has 1 unspecified atom stereocenters. The third-order valence-electron chi connectivity index (χ3n) is 3.33. The SMILES string of the molecule is CC(C)(C)OC(=O)N1CCOC(Cc2c(F)cc(Cl)cc2Br)C1. The van der Waals surface area contributed by atoms with Crippen molar-refractivity contribution in [3.05, 3.63) is 33.0 Å². The lowest BCUT2D eigenvalue weighted by molar-refractivity contribution is -0.0417. The summed E-state index contributed by atoms with van der Waals surface area (Å²) in [7, 11) is 0. The largest absolute Gasteiger partial charge is 0.444 e.